The van der Waals surface area contributed by atoms with Gasteiger partial charge in [0.25, 0.3) is 0 Å². The summed E-state index contributed by atoms with van der Waals surface area (Å²) < 4.78 is 26.1. The number of carbonyl (C=O) groups excluding carboxylic acids is 1. The van der Waals surface area contributed by atoms with Crippen LogP contribution in [-0.2, 0) is 19.6 Å². The molecule has 3 N–H and O–H groups in total. The Hall–Kier alpha value is -0.970. The van der Waals surface area contributed by atoms with E-state index in [1.165, 1.54) is 18.2 Å². The molecule has 0 saturated carbocycles. The number of nitrogens with two attached hydrogens (primary N) is 1. The number of carboxylic acid groups (broad SMARTS) is 1. The average molecular weight is 430 g/mol. The van der Waals surface area contributed by atoms with Gasteiger partial charge in [0.05, 0.1) is 11.4 Å². The lowest BCUT2D eigenvalue weighted by Gasteiger charge is -2.19. The van der Waals surface area contributed by atoms with Gasteiger partial charge in [-0.2, -0.15) is 4.31 Å². The molecule has 0 aliphatic rings. The molecule has 7 nitrogen and oxygen atoms in total. The molecule has 1 aromatic rings. The van der Waals surface area contributed by atoms with Gasteiger partial charge in [-0.05, 0) is 34.1 Å². The van der Waals surface area contributed by atoms with Crippen molar-refractivity contribution in [3.63, 3.8) is 0 Å². The number of benzene rings is 1. The number of hydrogen-bond donors (Lipinski definition) is 2. The van der Waals surface area contributed by atoms with E-state index >= 15 is 0 Å². The number of hydrogen-bond acceptors (Lipinski definition) is 4. The van der Waals surface area contributed by atoms with E-state index in [0.29, 0.717) is 8.78 Å². The molecule has 0 aromatic heterocycles. The molecule has 0 aliphatic heterocycles. The van der Waals surface area contributed by atoms with Crippen LogP contribution < -0.4 is 5.73 Å². The van der Waals surface area contributed by atoms with E-state index in [-0.39, 0.29) is 9.37 Å². The predicted molar refractivity (Wildman–Crippen MR) is 77.4 cm³/mol. The van der Waals surface area contributed by atoms with Crippen LogP contribution in [0.1, 0.15) is 0 Å². The van der Waals surface area contributed by atoms with Gasteiger partial charge in [0, 0.05) is 8.95 Å². The molecule has 0 unspecified atom stereocenters. The van der Waals surface area contributed by atoms with Crippen molar-refractivity contribution in [3.05, 3.63) is 27.1 Å². The Kier molecular flexibility index (Phi) is 5.68. The van der Waals surface area contributed by atoms with Crippen LogP contribution in [0.25, 0.3) is 0 Å². The lowest BCUT2D eigenvalue weighted by molar-refractivity contribution is -0.137. The van der Waals surface area contributed by atoms with Crippen molar-refractivity contribution >= 4 is 53.8 Å². The first kappa shape index (κ1) is 17.1. The second kappa shape index (κ2) is 6.66. The maximum atomic E-state index is 12.3. The van der Waals surface area contributed by atoms with E-state index in [1.807, 2.05) is 0 Å². The molecule has 10 heteroatoms. The van der Waals surface area contributed by atoms with Gasteiger partial charge in [0.2, 0.25) is 15.9 Å². The summed E-state index contributed by atoms with van der Waals surface area (Å²) in [5, 5.41) is 8.74. The van der Waals surface area contributed by atoms with Gasteiger partial charge in [-0.25, -0.2) is 8.42 Å². The van der Waals surface area contributed by atoms with Gasteiger partial charge in [-0.3, -0.25) is 9.59 Å². The minimum Gasteiger partial charge on any atom is -0.480 e. The zero-order chi connectivity index (χ0) is 15.5. The van der Waals surface area contributed by atoms with Crippen LogP contribution in [0.3, 0.4) is 0 Å². The highest BCUT2D eigenvalue weighted by Gasteiger charge is 2.29. The van der Waals surface area contributed by atoms with Crippen molar-refractivity contribution < 1.29 is 23.1 Å². The number of amides is 1. The minimum absolute atomic E-state index is 0.150. The first-order valence-electron chi connectivity index (χ1n) is 5.10. The number of carbonyl (C=O) groups is 2. The van der Waals surface area contributed by atoms with E-state index in [4.69, 9.17) is 10.8 Å². The lowest BCUT2D eigenvalue weighted by atomic mass is 10.4. The van der Waals surface area contributed by atoms with Crippen LogP contribution in [0.4, 0.5) is 0 Å². The molecule has 0 radical (unpaired) electrons. The Morgan fingerprint density at radius 2 is 1.85 bits per heavy atom. The molecule has 0 aliphatic carbocycles. The van der Waals surface area contributed by atoms with Gasteiger partial charge in [-0.1, -0.05) is 15.9 Å². The second-order valence-corrected chi connectivity index (χ2v) is 7.38. The van der Waals surface area contributed by atoms with Gasteiger partial charge < -0.3 is 10.8 Å². The van der Waals surface area contributed by atoms with Crippen LogP contribution in [0.15, 0.2) is 32.0 Å². The van der Waals surface area contributed by atoms with E-state index in [1.54, 1.807) is 0 Å². The molecular weight excluding hydrogens is 420 g/mol. The molecule has 0 fully saturated rings. The second-order valence-electron chi connectivity index (χ2n) is 3.71. The Morgan fingerprint density at radius 3 is 2.30 bits per heavy atom. The highest BCUT2D eigenvalue weighted by molar-refractivity contribution is 9.11. The summed E-state index contributed by atoms with van der Waals surface area (Å²) in [6.45, 7) is -1.56. The topological polar surface area (TPSA) is 118 Å². The third-order valence-electron chi connectivity index (χ3n) is 2.16. The van der Waals surface area contributed by atoms with Crippen molar-refractivity contribution in [2.75, 3.05) is 13.1 Å². The summed E-state index contributed by atoms with van der Waals surface area (Å²) in [4.78, 5) is 21.5. The van der Waals surface area contributed by atoms with Crippen LogP contribution in [0, 0.1) is 0 Å². The third kappa shape index (κ3) is 4.27. The summed E-state index contributed by atoms with van der Waals surface area (Å²) in [5.74, 6) is -2.33. The molecule has 1 amide bonds. The SMILES string of the molecule is NC(=O)CN(CC(=O)O)S(=O)(=O)c1ccc(Br)cc1Br. The lowest BCUT2D eigenvalue weighted by Crippen LogP contribution is -2.41. The zero-order valence-electron chi connectivity index (χ0n) is 9.92. The highest BCUT2D eigenvalue weighted by Crippen LogP contribution is 2.28. The number of rotatable bonds is 6. The molecular formula is C10H10Br2N2O5S. The molecule has 0 heterocycles. The van der Waals surface area contributed by atoms with Crippen LogP contribution >= 0.6 is 31.9 Å². The van der Waals surface area contributed by atoms with E-state index < -0.39 is 35.0 Å². The van der Waals surface area contributed by atoms with Crippen molar-refractivity contribution in [2.45, 2.75) is 4.90 Å². The first-order chi connectivity index (χ1) is 9.14. The maximum Gasteiger partial charge on any atom is 0.318 e. The molecule has 0 spiro atoms. The Bertz CT molecular complexity index is 631. The van der Waals surface area contributed by atoms with E-state index in [2.05, 4.69) is 31.9 Å². The fraction of sp³-hybridized carbons (Fsp3) is 0.200. The number of sulfonamides is 1. The van der Waals surface area contributed by atoms with Crippen molar-refractivity contribution in [1.82, 2.24) is 4.31 Å². The van der Waals surface area contributed by atoms with E-state index in [9.17, 15) is 18.0 Å². The predicted octanol–water partition coefficient (Wildman–Crippen LogP) is 0.772. The first-order valence-corrected chi connectivity index (χ1v) is 8.12. The number of halogens is 2. The van der Waals surface area contributed by atoms with Crippen molar-refractivity contribution in [2.24, 2.45) is 5.73 Å². The molecule has 1 rings (SSSR count). The maximum absolute atomic E-state index is 12.3. The van der Waals surface area contributed by atoms with Gasteiger partial charge in [0.15, 0.2) is 0 Å². The van der Waals surface area contributed by atoms with Crippen LogP contribution in [0.5, 0.6) is 0 Å². The van der Waals surface area contributed by atoms with Gasteiger partial charge >= 0.3 is 5.97 Å². The quantitative estimate of drug-likeness (QED) is 0.692. The van der Waals surface area contributed by atoms with Crippen LogP contribution in [0.2, 0.25) is 0 Å². The number of carboxylic acids is 1. The Morgan fingerprint density at radius 1 is 1.25 bits per heavy atom. The summed E-state index contributed by atoms with van der Waals surface area (Å²) in [6.07, 6.45) is 0. The van der Waals surface area contributed by atoms with Crippen molar-refractivity contribution in [1.29, 1.82) is 0 Å². The smallest absolute Gasteiger partial charge is 0.318 e. The molecule has 0 saturated heterocycles. The molecule has 0 bridgehead atoms. The fourth-order valence-corrected chi connectivity index (χ4v) is 4.44. The third-order valence-corrected chi connectivity index (χ3v) is 5.42. The van der Waals surface area contributed by atoms with E-state index in [0.717, 1.165) is 0 Å². The fourth-order valence-electron chi connectivity index (χ4n) is 1.37. The monoisotopic (exact) mass is 428 g/mol. The summed E-state index contributed by atoms with van der Waals surface area (Å²) in [6, 6.07) is 4.27. The Labute approximate surface area is 132 Å². The number of aliphatic carboxylic acids is 1. The molecule has 1 aromatic carbocycles. The molecule has 110 valence electrons. The molecule has 20 heavy (non-hydrogen) atoms. The highest BCUT2D eigenvalue weighted by atomic mass is 79.9. The number of nitrogens with zero attached hydrogens (tertiary/aromatic N) is 1. The van der Waals surface area contributed by atoms with Gasteiger partial charge in [-0.15, -0.1) is 0 Å². The van der Waals surface area contributed by atoms with Crippen LogP contribution in [-0.4, -0.2) is 42.8 Å². The normalized spacial score (nSPS) is 11.6. The summed E-state index contributed by atoms with van der Waals surface area (Å²) in [5.41, 5.74) is 4.95. The number of primary amides is 1. The largest absolute Gasteiger partial charge is 0.480 e. The minimum atomic E-state index is -4.15. The van der Waals surface area contributed by atoms with Crippen molar-refractivity contribution in [3.8, 4) is 0 Å². The zero-order valence-corrected chi connectivity index (χ0v) is 13.9. The standard InChI is InChI=1S/C10H10Br2N2O5S/c11-6-1-2-8(7(12)3-6)20(18,19)14(4-9(13)15)5-10(16)17/h1-3H,4-5H2,(H2,13,15)(H,16,17). The average Bonchev–Trinajstić information content (AvgIpc) is 2.26. The molecule has 0 atom stereocenters. The summed E-state index contributed by atoms with van der Waals surface area (Å²) in [7, 11) is -4.15. The summed E-state index contributed by atoms with van der Waals surface area (Å²) >= 11 is 6.26. The van der Waals surface area contributed by atoms with Gasteiger partial charge in [0.1, 0.15) is 6.54 Å². The Balaban J connectivity index is 3.28.